The minimum atomic E-state index is -0.241. The average Bonchev–Trinajstić information content (AvgIpc) is 2.37. The fourth-order valence-electron chi connectivity index (χ4n) is 1.93. The van der Waals surface area contributed by atoms with Crippen molar-refractivity contribution in [3.8, 4) is 0 Å². The second-order valence-corrected chi connectivity index (χ2v) is 4.64. The molecule has 3 N–H and O–H groups in total. The van der Waals surface area contributed by atoms with Crippen LogP contribution in [0.2, 0.25) is 0 Å². The molecule has 1 saturated heterocycles. The summed E-state index contributed by atoms with van der Waals surface area (Å²) in [5, 5.41) is 2.80. The van der Waals surface area contributed by atoms with E-state index in [1.165, 1.54) is 7.11 Å². The molecule has 18 heavy (non-hydrogen) atoms. The van der Waals surface area contributed by atoms with Crippen molar-refractivity contribution in [2.45, 2.75) is 31.7 Å². The summed E-state index contributed by atoms with van der Waals surface area (Å²) >= 11 is 0. The third-order valence-corrected chi connectivity index (χ3v) is 3.11. The fraction of sp³-hybridized carbons (Fsp3) is 0.833. The molecule has 6 nitrogen and oxygen atoms in total. The largest absolute Gasteiger partial charge is 0.469 e. The van der Waals surface area contributed by atoms with Gasteiger partial charge in [0.1, 0.15) is 0 Å². The van der Waals surface area contributed by atoms with Gasteiger partial charge in [0.15, 0.2) is 0 Å². The van der Waals surface area contributed by atoms with Gasteiger partial charge >= 0.3 is 5.97 Å². The number of carbonyl (C=O) groups is 2. The molecule has 6 heteroatoms. The molecule has 0 aromatic rings. The van der Waals surface area contributed by atoms with E-state index >= 15 is 0 Å². The summed E-state index contributed by atoms with van der Waals surface area (Å²) in [6.07, 6.45) is 2.86. The lowest BCUT2D eigenvalue weighted by atomic mass is 10.1. The van der Waals surface area contributed by atoms with E-state index < -0.39 is 0 Å². The highest BCUT2D eigenvalue weighted by molar-refractivity contribution is 5.78. The van der Waals surface area contributed by atoms with E-state index in [-0.39, 0.29) is 17.9 Å². The molecule has 1 heterocycles. The number of nitrogens with two attached hydrogens (primary N) is 1. The normalized spacial score (nSPS) is 17.4. The maximum atomic E-state index is 11.6. The van der Waals surface area contributed by atoms with Crippen molar-refractivity contribution in [1.29, 1.82) is 0 Å². The second kappa shape index (κ2) is 8.05. The Balaban J connectivity index is 2.05. The predicted molar refractivity (Wildman–Crippen MR) is 67.9 cm³/mol. The SMILES string of the molecule is COC(=O)CCCNC(=O)CN1CCC(N)CC1. The van der Waals surface area contributed by atoms with Crippen LogP contribution in [0.3, 0.4) is 0 Å². The van der Waals surface area contributed by atoms with Gasteiger partial charge in [0, 0.05) is 32.1 Å². The zero-order valence-corrected chi connectivity index (χ0v) is 11.0. The maximum Gasteiger partial charge on any atom is 0.305 e. The molecule has 1 rings (SSSR count). The molecule has 1 fully saturated rings. The Labute approximate surface area is 108 Å². The molecule has 104 valence electrons. The topological polar surface area (TPSA) is 84.7 Å². The van der Waals surface area contributed by atoms with Gasteiger partial charge < -0.3 is 15.8 Å². The van der Waals surface area contributed by atoms with Crippen LogP contribution in [-0.4, -0.2) is 56.1 Å². The molecule has 0 saturated carbocycles. The van der Waals surface area contributed by atoms with E-state index in [1.54, 1.807) is 0 Å². The molecule has 0 unspecified atom stereocenters. The molecule has 0 radical (unpaired) electrons. The molecule has 0 aliphatic carbocycles. The number of ether oxygens (including phenoxy) is 1. The highest BCUT2D eigenvalue weighted by atomic mass is 16.5. The number of carbonyl (C=O) groups excluding carboxylic acids is 2. The van der Waals surface area contributed by atoms with Crippen LogP contribution in [0.5, 0.6) is 0 Å². The van der Waals surface area contributed by atoms with E-state index in [0.29, 0.717) is 25.9 Å². The van der Waals surface area contributed by atoms with Crippen LogP contribution in [0, 0.1) is 0 Å². The lowest BCUT2D eigenvalue weighted by molar-refractivity contribution is -0.140. The minimum absolute atomic E-state index is 0.00957. The maximum absolute atomic E-state index is 11.6. The van der Waals surface area contributed by atoms with Crippen molar-refractivity contribution in [3.63, 3.8) is 0 Å². The Morgan fingerprint density at radius 2 is 2.06 bits per heavy atom. The first-order valence-electron chi connectivity index (χ1n) is 6.43. The molecule has 0 bridgehead atoms. The summed E-state index contributed by atoms with van der Waals surface area (Å²) in [6, 6.07) is 0.282. The number of rotatable bonds is 6. The van der Waals surface area contributed by atoms with Gasteiger partial charge in [-0.1, -0.05) is 0 Å². The number of piperidine rings is 1. The second-order valence-electron chi connectivity index (χ2n) is 4.64. The molecule has 0 aromatic carbocycles. The molecular formula is C12H23N3O3. The van der Waals surface area contributed by atoms with Gasteiger partial charge in [-0.05, 0) is 19.3 Å². The molecule has 0 aromatic heterocycles. The Hall–Kier alpha value is -1.14. The van der Waals surface area contributed by atoms with Gasteiger partial charge in [0.25, 0.3) is 0 Å². The number of likely N-dealkylation sites (tertiary alicyclic amines) is 1. The Bertz CT molecular complexity index is 276. The third kappa shape index (κ3) is 5.97. The Morgan fingerprint density at radius 3 is 2.67 bits per heavy atom. The number of hydrogen-bond acceptors (Lipinski definition) is 5. The van der Waals surface area contributed by atoms with Crippen LogP contribution in [0.25, 0.3) is 0 Å². The summed E-state index contributed by atoms with van der Waals surface area (Å²) < 4.78 is 4.52. The quantitative estimate of drug-likeness (QED) is 0.494. The molecule has 1 aliphatic heterocycles. The highest BCUT2D eigenvalue weighted by Gasteiger charge is 2.17. The van der Waals surface area contributed by atoms with Crippen LogP contribution < -0.4 is 11.1 Å². The van der Waals surface area contributed by atoms with E-state index in [1.807, 2.05) is 0 Å². The summed E-state index contributed by atoms with van der Waals surface area (Å²) in [7, 11) is 1.36. The number of methoxy groups -OCH3 is 1. The number of nitrogens with zero attached hydrogens (tertiary/aromatic N) is 1. The van der Waals surface area contributed by atoms with Gasteiger partial charge in [-0.15, -0.1) is 0 Å². The van der Waals surface area contributed by atoms with Crippen molar-refractivity contribution in [2.24, 2.45) is 5.73 Å². The third-order valence-electron chi connectivity index (χ3n) is 3.11. The van der Waals surface area contributed by atoms with Crippen LogP contribution in [0.15, 0.2) is 0 Å². The molecule has 0 atom stereocenters. The zero-order chi connectivity index (χ0) is 13.4. The Kier molecular flexibility index (Phi) is 6.67. The standard InChI is InChI=1S/C12H23N3O3/c1-18-12(17)3-2-6-14-11(16)9-15-7-4-10(13)5-8-15/h10H,2-9,13H2,1H3,(H,14,16). The van der Waals surface area contributed by atoms with E-state index in [0.717, 1.165) is 25.9 Å². The van der Waals surface area contributed by atoms with Gasteiger partial charge in [-0.25, -0.2) is 0 Å². The van der Waals surface area contributed by atoms with Gasteiger partial charge in [-0.2, -0.15) is 0 Å². The monoisotopic (exact) mass is 257 g/mol. The average molecular weight is 257 g/mol. The van der Waals surface area contributed by atoms with Gasteiger partial charge in [0.05, 0.1) is 13.7 Å². The van der Waals surface area contributed by atoms with E-state index in [2.05, 4.69) is 15.0 Å². The number of esters is 1. The van der Waals surface area contributed by atoms with Crippen LogP contribution in [0.4, 0.5) is 0 Å². The van der Waals surface area contributed by atoms with Crippen LogP contribution >= 0.6 is 0 Å². The van der Waals surface area contributed by atoms with Crippen molar-refractivity contribution in [1.82, 2.24) is 10.2 Å². The molecule has 1 amide bonds. The van der Waals surface area contributed by atoms with E-state index in [9.17, 15) is 9.59 Å². The van der Waals surface area contributed by atoms with Gasteiger partial charge in [-0.3, -0.25) is 14.5 Å². The zero-order valence-electron chi connectivity index (χ0n) is 11.0. The molecular weight excluding hydrogens is 234 g/mol. The minimum Gasteiger partial charge on any atom is -0.469 e. The highest BCUT2D eigenvalue weighted by Crippen LogP contribution is 2.07. The summed E-state index contributed by atoms with van der Waals surface area (Å²) in [6.45, 7) is 2.71. The van der Waals surface area contributed by atoms with E-state index in [4.69, 9.17) is 5.73 Å². The van der Waals surface area contributed by atoms with Gasteiger partial charge in [0.2, 0.25) is 5.91 Å². The smallest absolute Gasteiger partial charge is 0.305 e. The van der Waals surface area contributed by atoms with Crippen molar-refractivity contribution < 1.29 is 14.3 Å². The summed E-state index contributed by atoms with van der Waals surface area (Å²) in [5.41, 5.74) is 5.80. The van der Waals surface area contributed by atoms with Crippen molar-refractivity contribution in [3.05, 3.63) is 0 Å². The Morgan fingerprint density at radius 1 is 1.39 bits per heavy atom. The van der Waals surface area contributed by atoms with Crippen molar-refractivity contribution in [2.75, 3.05) is 33.3 Å². The summed E-state index contributed by atoms with van der Waals surface area (Å²) in [5.74, 6) is -0.232. The van der Waals surface area contributed by atoms with Crippen LogP contribution in [0.1, 0.15) is 25.7 Å². The number of nitrogens with one attached hydrogen (secondary N) is 1. The molecule has 1 aliphatic rings. The first kappa shape index (κ1) is 14.9. The van der Waals surface area contributed by atoms with Crippen LogP contribution in [-0.2, 0) is 14.3 Å². The first-order valence-corrected chi connectivity index (χ1v) is 6.43. The predicted octanol–water partition coefficient (Wildman–Crippen LogP) is -0.521. The molecule has 0 spiro atoms. The lowest BCUT2D eigenvalue weighted by Crippen LogP contribution is -2.44. The van der Waals surface area contributed by atoms with Crippen molar-refractivity contribution >= 4 is 11.9 Å². The summed E-state index contributed by atoms with van der Waals surface area (Å²) in [4.78, 5) is 24.6. The fourth-order valence-corrected chi connectivity index (χ4v) is 1.93. The first-order chi connectivity index (χ1) is 8.61. The number of amides is 1. The number of hydrogen-bond donors (Lipinski definition) is 2. The lowest BCUT2D eigenvalue weighted by Gasteiger charge is -2.29.